The lowest BCUT2D eigenvalue weighted by molar-refractivity contribution is 0.289. The van der Waals surface area contributed by atoms with Crippen LogP contribution in [-0.2, 0) is 10.0 Å². The van der Waals surface area contributed by atoms with Crippen LogP contribution in [0.2, 0.25) is 0 Å². The van der Waals surface area contributed by atoms with Gasteiger partial charge in [-0.05, 0) is 18.8 Å². The largest absolute Gasteiger partial charge is 0.392 e. The van der Waals surface area contributed by atoms with Crippen LogP contribution in [0.1, 0.15) is 19.8 Å². The van der Waals surface area contributed by atoms with Crippen LogP contribution >= 0.6 is 12.2 Å². The summed E-state index contributed by atoms with van der Waals surface area (Å²) < 4.78 is 24.8. The fourth-order valence-electron chi connectivity index (χ4n) is 1.53. The molecule has 14 heavy (non-hydrogen) atoms. The Morgan fingerprint density at radius 3 is 2.43 bits per heavy atom. The minimum Gasteiger partial charge on any atom is -0.392 e. The van der Waals surface area contributed by atoms with E-state index in [1.807, 2.05) is 0 Å². The van der Waals surface area contributed by atoms with Crippen molar-refractivity contribution in [3.05, 3.63) is 0 Å². The lowest BCUT2D eigenvalue weighted by Crippen LogP contribution is -2.41. The van der Waals surface area contributed by atoms with E-state index in [1.165, 1.54) is 4.31 Å². The van der Waals surface area contributed by atoms with Crippen molar-refractivity contribution in [2.24, 2.45) is 11.7 Å². The standard InChI is InChI=1S/C8H16N2O2S2/c1-7-2-4-10(5-3-7)14(11,12)6-8(9)13/h7H,2-6H2,1H3,(H2,9,13). The highest BCUT2D eigenvalue weighted by Crippen LogP contribution is 2.18. The molecule has 0 bridgehead atoms. The van der Waals surface area contributed by atoms with Gasteiger partial charge >= 0.3 is 0 Å². The Hall–Kier alpha value is -0.200. The third kappa shape index (κ3) is 3.18. The smallest absolute Gasteiger partial charge is 0.220 e. The van der Waals surface area contributed by atoms with E-state index < -0.39 is 10.0 Å². The van der Waals surface area contributed by atoms with Gasteiger partial charge in [-0.1, -0.05) is 19.1 Å². The molecule has 6 heteroatoms. The van der Waals surface area contributed by atoms with Gasteiger partial charge in [0.05, 0.1) is 4.99 Å². The van der Waals surface area contributed by atoms with E-state index in [9.17, 15) is 8.42 Å². The first kappa shape index (κ1) is 11.9. The first-order chi connectivity index (χ1) is 6.42. The number of sulfonamides is 1. The van der Waals surface area contributed by atoms with E-state index in [0.29, 0.717) is 19.0 Å². The zero-order valence-electron chi connectivity index (χ0n) is 8.27. The zero-order chi connectivity index (χ0) is 10.8. The van der Waals surface area contributed by atoms with Crippen LogP contribution in [0.4, 0.5) is 0 Å². The molecule has 1 rings (SSSR count). The summed E-state index contributed by atoms with van der Waals surface area (Å²) in [6, 6.07) is 0. The van der Waals surface area contributed by atoms with Gasteiger partial charge in [0, 0.05) is 13.1 Å². The number of nitrogens with two attached hydrogens (primary N) is 1. The van der Waals surface area contributed by atoms with Gasteiger partial charge in [-0.25, -0.2) is 12.7 Å². The minimum atomic E-state index is -3.24. The molecule has 1 fully saturated rings. The fourth-order valence-corrected chi connectivity index (χ4v) is 3.29. The van der Waals surface area contributed by atoms with E-state index in [4.69, 9.17) is 5.73 Å². The summed E-state index contributed by atoms with van der Waals surface area (Å²) in [5.41, 5.74) is 5.24. The van der Waals surface area contributed by atoms with Crippen LogP contribution in [0.25, 0.3) is 0 Å². The molecule has 0 unspecified atom stereocenters. The van der Waals surface area contributed by atoms with E-state index in [1.54, 1.807) is 0 Å². The molecule has 0 aliphatic carbocycles. The van der Waals surface area contributed by atoms with Crippen LogP contribution in [0, 0.1) is 5.92 Å². The van der Waals surface area contributed by atoms with Crippen LogP contribution < -0.4 is 5.73 Å². The van der Waals surface area contributed by atoms with E-state index >= 15 is 0 Å². The summed E-state index contributed by atoms with van der Waals surface area (Å²) in [6.45, 7) is 3.34. The van der Waals surface area contributed by atoms with Crippen molar-refractivity contribution < 1.29 is 8.42 Å². The molecule has 1 aliphatic heterocycles. The molecule has 0 aromatic carbocycles. The Kier molecular flexibility index (Phi) is 3.86. The van der Waals surface area contributed by atoms with E-state index in [0.717, 1.165) is 12.8 Å². The second kappa shape index (κ2) is 4.55. The van der Waals surface area contributed by atoms with Gasteiger partial charge in [-0.3, -0.25) is 0 Å². The summed E-state index contributed by atoms with van der Waals surface area (Å²) in [7, 11) is -3.24. The first-order valence-corrected chi connectivity index (χ1v) is 6.69. The van der Waals surface area contributed by atoms with Crippen molar-refractivity contribution in [1.82, 2.24) is 4.31 Å². The molecular weight excluding hydrogens is 220 g/mol. The SMILES string of the molecule is CC1CCN(S(=O)(=O)CC(N)=S)CC1. The molecule has 0 atom stereocenters. The number of nitrogens with zero attached hydrogens (tertiary/aromatic N) is 1. The molecule has 0 aromatic heterocycles. The van der Waals surface area contributed by atoms with Crippen molar-refractivity contribution in [3.8, 4) is 0 Å². The Morgan fingerprint density at radius 1 is 1.50 bits per heavy atom. The molecule has 2 N–H and O–H groups in total. The van der Waals surface area contributed by atoms with Crippen molar-refractivity contribution in [2.45, 2.75) is 19.8 Å². The van der Waals surface area contributed by atoms with Crippen molar-refractivity contribution in [3.63, 3.8) is 0 Å². The fraction of sp³-hybridized carbons (Fsp3) is 0.875. The van der Waals surface area contributed by atoms with E-state index in [-0.39, 0.29) is 10.7 Å². The molecule has 0 saturated carbocycles. The average molecular weight is 236 g/mol. The Morgan fingerprint density at radius 2 is 2.00 bits per heavy atom. The van der Waals surface area contributed by atoms with Gasteiger partial charge < -0.3 is 5.73 Å². The van der Waals surface area contributed by atoms with Crippen molar-refractivity contribution in [1.29, 1.82) is 0 Å². The second-order valence-corrected chi connectivity index (χ2v) is 6.30. The third-order valence-electron chi connectivity index (χ3n) is 2.46. The van der Waals surface area contributed by atoms with Gasteiger partial charge in [0.1, 0.15) is 5.75 Å². The highest BCUT2D eigenvalue weighted by Gasteiger charge is 2.26. The summed E-state index contributed by atoms with van der Waals surface area (Å²) in [4.78, 5) is 0.0450. The predicted molar refractivity (Wildman–Crippen MR) is 60.5 cm³/mol. The minimum absolute atomic E-state index is 0.0450. The molecule has 0 amide bonds. The van der Waals surface area contributed by atoms with Gasteiger partial charge in [-0.15, -0.1) is 0 Å². The topological polar surface area (TPSA) is 63.4 Å². The van der Waals surface area contributed by atoms with Gasteiger partial charge in [0.15, 0.2) is 0 Å². The molecule has 82 valence electrons. The maximum absolute atomic E-state index is 11.7. The molecular formula is C8H16N2O2S2. The predicted octanol–water partition coefficient (Wildman–Crippen LogP) is 0.334. The summed E-state index contributed by atoms with van der Waals surface area (Å²) in [5.74, 6) is 0.419. The maximum Gasteiger partial charge on any atom is 0.220 e. The Labute approximate surface area is 90.5 Å². The number of piperidine rings is 1. The quantitative estimate of drug-likeness (QED) is 0.718. The molecule has 1 saturated heterocycles. The van der Waals surface area contributed by atoms with Crippen LogP contribution in [0.3, 0.4) is 0 Å². The molecule has 0 spiro atoms. The number of hydrogen-bond acceptors (Lipinski definition) is 3. The molecule has 0 radical (unpaired) electrons. The summed E-state index contributed by atoms with van der Waals surface area (Å²) >= 11 is 4.61. The van der Waals surface area contributed by atoms with Crippen LogP contribution in [0.5, 0.6) is 0 Å². The van der Waals surface area contributed by atoms with Gasteiger partial charge in [-0.2, -0.15) is 0 Å². The molecule has 4 nitrogen and oxygen atoms in total. The zero-order valence-corrected chi connectivity index (χ0v) is 9.90. The van der Waals surface area contributed by atoms with Gasteiger partial charge in [0.25, 0.3) is 0 Å². The lowest BCUT2D eigenvalue weighted by Gasteiger charge is -2.29. The lowest BCUT2D eigenvalue weighted by atomic mass is 10.0. The Bertz CT molecular complexity index is 305. The van der Waals surface area contributed by atoms with E-state index in [2.05, 4.69) is 19.1 Å². The third-order valence-corrected chi connectivity index (χ3v) is 4.62. The molecule has 1 aliphatic rings. The maximum atomic E-state index is 11.7. The normalized spacial score (nSPS) is 20.9. The van der Waals surface area contributed by atoms with Crippen LogP contribution in [0.15, 0.2) is 0 Å². The van der Waals surface area contributed by atoms with Crippen LogP contribution in [-0.4, -0.2) is 36.6 Å². The summed E-state index contributed by atoms with van der Waals surface area (Å²) in [6.07, 6.45) is 1.85. The molecule has 1 heterocycles. The highest BCUT2D eigenvalue weighted by molar-refractivity contribution is 7.92. The summed E-state index contributed by atoms with van der Waals surface area (Å²) in [5, 5.41) is 0. The van der Waals surface area contributed by atoms with Crippen molar-refractivity contribution in [2.75, 3.05) is 18.8 Å². The average Bonchev–Trinajstić information content (AvgIpc) is 2.02. The van der Waals surface area contributed by atoms with Gasteiger partial charge in [0.2, 0.25) is 10.0 Å². The number of hydrogen-bond donors (Lipinski definition) is 1. The number of rotatable bonds is 3. The molecule has 0 aromatic rings. The second-order valence-electron chi connectivity index (χ2n) is 3.80. The highest BCUT2D eigenvalue weighted by atomic mass is 32.2. The first-order valence-electron chi connectivity index (χ1n) is 4.68. The monoisotopic (exact) mass is 236 g/mol. The van der Waals surface area contributed by atoms with Crippen molar-refractivity contribution >= 4 is 27.2 Å². The Balaban J connectivity index is 2.60. The number of thiocarbonyl (C=S) groups is 1.